The molecule has 0 spiro atoms. The van der Waals surface area contributed by atoms with E-state index >= 15 is 0 Å². The predicted molar refractivity (Wildman–Crippen MR) is 57.5 cm³/mol. The van der Waals surface area contributed by atoms with E-state index in [4.69, 9.17) is 4.74 Å². The number of carbonyl (C=O) groups is 1. The molecule has 0 unspecified atom stereocenters. The highest BCUT2D eigenvalue weighted by atomic mass is 19.2. The minimum atomic E-state index is -0.936. The molecule has 1 amide bonds. The van der Waals surface area contributed by atoms with Crippen LogP contribution < -0.4 is 0 Å². The summed E-state index contributed by atoms with van der Waals surface area (Å²) >= 11 is 0. The first kappa shape index (κ1) is 12.0. The van der Waals surface area contributed by atoms with E-state index in [1.807, 2.05) is 0 Å². The van der Waals surface area contributed by atoms with Gasteiger partial charge in [0.2, 0.25) is 5.91 Å². The van der Waals surface area contributed by atoms with Crippen molar-refractivity contribution in [3.05, 3.63) is 35.4 Å². The molecule has 0 atom stereocenters. The zero-order valence-electron chi connectivity index (χ0n) is 9.29. The summed E-state index contributed by atoms with van der Waals surface area (Å²) in [6.45, 7) is 2.01. The van der Waals surface area contributed by atoms with Gasteiger partial charge in [-0.3, -0.25) is 4.79 Å². The van der Waals surface area contributed by atoms with Crippen LogP contribution in [0.5, 0.6) is 0 Å². The van der Waals surface area contributed by atoms with Crippen molar-refractivity contribution in [3.63, 3.8) is 0 Å². The first-order chi connectivity index (χ1) is 8.18. The molecule has 2 rings (SSSR count). The summed E-state index contributed by atoms with van der Waals surface area (Å²) in [7, 11) is 0. The minimum absolute atomic E-state index is 0.0986. The molecule has 1 aliphatic rings. The van der Waals surface area contributed by atoms with Gasteiger partial charge in [-0.05, 0) is 6.07 Å². The third-order valence-corrected chi connectivity index (χ3v) is 2.74. The fraction of sp³-hybridized carbons (Fsp3) is 0.417. The van der Waals surface area contributed by atoms with E-state index in [1.54, 1.807) is 4.90 Å². The maximum absolute atomic E-state index is 13.4. The second kappa shape index (κ2) is 5.23. The number of nitrogens with zero attached hydrogens (tertiary/aromatic N) is 1. The summed E-state index contributed by atoms with van der Waals surface area (Å²) in [5.41, 5.74) is 0.0986. The summed E-state index contributed by atoms with van der Waals surface area (Å²) in [6, 6.07) is 3.87. The number of hydrogen-bond donors (Lipinski definition) is 0. The number of benzene rings is 1. The molecule has 0 N–H and O–H groups in total. The number of morpholine rings is 1. The van der Waals surface area contributed by atoms with Crippen LogP contribution in [0.1, 0.15) is 5.56 Å². The Kier molecular flexibility index (Phi) is 3.68. The molecule has 1 heterocycles. The SMILES string of the molecule is O=C(Cc1cccc(F)c1F)N1CCOCC1. The third-order valence-electron chi connectivity index (χ3n) is 2.74. The lowest BCUT2D eigenvalue weighted by atomic mass is 10.1. The molecule has 1 saturated heterocycles. The van der Waals surface area contributed by atoms with Crippen LogP contribution in [-0.4, -0.2) is 37.1 Å². The Morgan fingerprint density at radius 2 is 2.00 bits per heavy atom. The summed E-state index contributed by atoms with van der Waals surface area (Å²) in [5, 5.41) is 0. The maximum atomic E-state index is 13.4. The summed E-state index contributed by atoms with van der Waals surface area (Å²) in [5.74, 6) is -2.05. The van der Waals surface area contributed by atoms with E-state index in [0.29, 0.717) is 26.3 Å². The molecule has 1 aromatic rings. The molecule has 3 nitrogen and oxygen atoms in total. The van der Waals surface area contributed by atoms with Gasteiger partial charge in [0.15, 0.2) is 11.6 Å². The topological polar surface area (TPSA) is 29.5 Å². The molecular formula is C12H13F2NO2. The van der Waals surface area contributed by atoms with Crippen LogP contribution in [0, 0.1) is 11.6 Å². The fourth-order valence-electron chi connectivity index (χ4n) is 1.77. The molecular weight excluding hydrogens is 228 g/mol. The molecule has 1 fully saturated rings. The highest BCUT2D eigenvalue weighted by molar-refractivity contribution is 5.78. The zero-order chi connectivity index (χ0) is 12.3. The van der Waals surface area contributed by atoms with Crippen molar-refractivity contribution in [2.24, 2.45) is 0 Å². The van der Waals surface area contributed by atoms with Crippen molar-refractivity contribution in [1.29, 1.82) is 0 Å². The smallest absolute Gasteiger partial charge is 0.227 e. The lowest BCUT2D eigenvalue weighted by Gasteiger charge is -2.26. The van der Waals surface area contributed by atoms with Crippen LogP contribution in [0.4, 0.5) is 8.78 Å². The lowest BCUT2D eigenvalue weighted by molar-refractivity contribution is -0.134. The second-order valence-corrected chi connectivity index (χ2v) is 3.88. The van der Waals surface area contributed by atoms with Gasteiger partial charge in [0, 0.05) is 18.7 Å². The van der Waals surface area contributed by atoms with Crippen molar-refractivity contribution in [3.8, 4) is 0 Å². The molecule has 0 aliphatic carbocycles. The number of amides is 1. The largest absolute Gasteiger partial charge is 0.378 e. The number of ether oxygens (including phenoxy) is 1. The van der Waals surface area contributed by atoms with Crippen molar-refractivity contribution in [2.75, 3.05) is 26.3 Å². The first-order valence-electron chi connectivity index (χ1n) is 5.47. The minimum Gasteiger partial charge on any atom is -0.378 e. The number of halogens is 2. The monoisotopic (exact) mass is 241 g/mol. The van der Waals surface area contributed by atoms with Crippen LogP contribution in [0.15, 0.2) is 18.2 Å². The lowest BCUT2D eigenvalue weighted by Crippen LogP contribution is -2.41. The van der Waals surface area contributed by atoms with E-state index in [2.05, 4.69) is 0 Å². The Morgan fingerprint density at radius 1 is 1.29 bits per heavy atom. The zero-order valence-corrected chi connectivity index (χ0v) is 9.29. The standard InChI is InChI=1S/C12H13F2NO2/c13-10-3-1-2-9(12(10)14)8-11(16)15-4-6-17-7-5-15/h1-3H,4-8H2. The molecule has 0 saturated carbocycles. The maximum Gasteiger partial charge on any atom is 0.227 e. The van der Waals surface area contributed by atoms with Gasteiger partial charge in [-0.1, -0.05) is 12.1 Å². The van der Waals surface area contributed by atoms with Gasteiger partial charge in [-0.15, -0.1) is 0 Å². The van der Waals surface area contributed by atoms with E-state index in [-0.39, 0.29) is 17.9 Å². The Balaban J connectivity index is 2.04. The normalized spacial score (nSPS) is 16.0. The Labute approximate surface area is 98.0 Å². The summed E-state index contributed by atoms with van der Waals surface area (Å²) < 4.78 is 31.4. The average molecular weight is 241 g/mol. The molecule has 0 aromatic heterocycles. The van der Waals surface area contributed by atoms with Gasteiger partial charge in [-0.25, -0.2) is 8.78 Å². The van der Waals surface area contributed by atoms with Crippen molar-refractivity contribution in [1.82, 2.24) is 4.90 Å². The van der Waals surface area contributed by atoms with Gasteiger partial charge >= 0.3 is 0 Å². The fourth-order valence-corrected chi connectivity index (χ4v) is 1.77. The van der Waals surface area contributed by atoms with Crippen LogP contribution >= 0.6 is 0 Å². The van der Waals surface area contributed by atoms with Gasteiger partial charge in [0.05, 0.1) is 19.6 Å². The second-order valence-electron chi connectivity index (χ2n) is 3.88. The number of carbonyl (C=O) groups excluding carboxylic acids is 1. The van der Waals surface area contributed by atoms with Crippen molar-refractivity contribution in [2.45, 2.75) is 6.42 Å². The number of hydrogen-bond acceptors (Lipinski definition) is 2. The Bertz CT molecular complexity index is 417. The van der Waals surface area contributed by atoms with Crippen molar-refractivity contribution >= 4 is 5.91 Å². The van der Waals surface area contributed by atoms with Crippen LogP contribution in [0.2, 0.25) is 0 Å². The highest BCUT2D eigenvalue weighted by Gasteiger charge is 2.19. The van der Waals surface area contributed by atoms with Gasteiger partial charge in [-0.2, -0.15) is 0 Å². The predicted octanol–water partition coefficient (Wildman–Crippen LogP) is 1.37. The quantitative estimate of drug-likeness (QED) is 0.782. The average Bonchev–Trinajstić information content (AvgIpc) is 2.36. The molecule has 1 aromatic carbocycles. The van der Waals surface area contributed by atoms with E-state index in [0.717, 1.165) is 6.07 Å². The molecule has 17 heavy (non-hydrogen) atoms. The molecule has 5 heteroatoms. The van der Waals surface area contributed by atoms with Crippen LogP contribution in [0.25, 0.3) is 0 Å². The summed E-state index contributed by atoms with van der Waals surface area (Å²) in [6.07, 6.45) is -0.108. The highest BCUT2D eigenvalue weighted by Crippen LogP contribution is 2.13. The van der Waals surface area contributed by atoms with Crippen LogP contribution in [-0.2, 0) is 16.0 Å². The van der Waals surface area contributed by atoms with Gasteiger partial charge in [0.1, 0.15) is 0 Å². The number of rotatable bonds is 2. The van der Waals surface area contributed by atoms with Crippen molar-refractivity contribution < 1.29 is 18.3 Å². The summed E-state index contributed by atoms with van der Waals surface area (Å²) in [4.78, 5) is 13.4. The van der Waals surface area contributed by atoms with E-state index in [1.165, 1.54) is 12.1 Å². The molecule has 1 aliphatic heterocycles. The third kappa shape index (κ3) is 2.79. The van der Waals surface area contributed by atoms with Crippen LogP contribution in [0.3, 0.4) is 0 Å². The first-order valence-corrected chi connectivity index (χ1v) is 5.47. The molecule has 0 radical (unpaired) electrons. The van der Waals surface area contributed by atoms with Gasteiger partial charge in [0.25, 0.3) is 0 Å². The molecule has 0 bridgehead atoms. The molecule has 92 valence electrons. The Morgan fingerprint density at radius 3 is 2.71 bits per heavy atom. The van der Waals surface area contributed by atoms with E-state index in [9.17, 15) is 13.6 Å². The van der Waals surface area contributed by atoms with Gasteiger partial charge < -0.3 is 9.64 Å². The van der Waals surface area contributed by atoms with E-state index < -0.39 is 11.6 Å². The Hall–Kier alpha value is -1.49.